The van der Waals surface area contributed by atoms with Crippen molar-refractivity contribution >= 4 is 34.3 Å². The van der Waals surface area contributed by atoms with Gasteiger partial charge in [0.25, 0.3) is 0 Å². The minimum absolute atomic E-state index is 0.411. The van der Waals surface area contributed by atoms with Crippen molar-refractivity contribution in [2.75, 3.05) is 6.26 Å². The molecule has 4 heteroatoms. The van der Waals surface area contributed by atoms with Gasteiger partial charge in [-0.25, -0.2) is 4.98 Å². The van der Waals surface area contributed by atoms with Gasteiger partial charge in [-0.1, -0.05) is 41.9 Å². The number of ether oxygens (including phenoxy) is 1. The second kappa shape index (κ2) is 6.37. The quantitative estimate of drug-likeness (QED) is 0.488. The summed E-state index contributed by atoms with van der Waals surface area (Å²) in [7, 11) is 0. The minimum atomic E-state index is 0.411. The van der Waals surface area contributed by atoms with Crippen LogP contribution >= 0.6 is 23.4 Å². The van der Waals surface area contributed by atoms with Gasteiger partial charge in [-0.15, -0.1) is 11.8 Å². The van der Waals surface area contributed by atoms with Crippen LogP contribution in [-0.4, -0.2) is 11.2 Å². The molecule has 0 saturated heterocycles. The summed E-state index contributed by atoms with van der Waals surface area (Å²) in [4.78, 5) is 5.52. The first-order valence-electron chi connectivity index (χ1n) is 6.58. The Morgan fingerprint density at radius 1 is 1.10 bits per heavy atom. The van der Waals surface area contributed by atoms with Crippen molar-refractivity contribution < 1.29 is 4.74 Å². The lowest BCUT2D eigenvalue weighted by molar-refractivity contribution is 0.299. The Bertz CT molecular complexity index is 776. The van der Waals surface area contributed by atoms with E-state index in [2.05, 4.69) is 4.98 Å². The first-order valence-corrected chi connectivity index (χ1v) is 8.18. The van der Waals surface area contributed by atoms with Gasteiger partial charge < -0.3 is 4.74 Å². The molecule has 2 nitrogen and oxygen atoms in total. The van der Waals surface area contributed by atoms with Gasteiger partial charge in [0.05, 0.1) is 5.52 Å². The molecule has 0 aliphatic carbocycles. The van der Waals surface area contributed by atoms with E-state index in [0.29, 0.717) is 11.8 Å². The van der Waals surface area contributed by atoms with Crippen LogP contribution in [0.4, 0.5) is 0 Å². The molecule has 0 aliphatic rings. The number of aromatic nitrogens is 1. The van der Waals surface area contributed by atoms with Gasteiger partial charge in [-0.3, -0.25) is 0 Å². The molecule has 106 valence electrons. The summed E-state index contributed by atoms with van der Waals surface area (Å²) in [6.45, 7) is 0.411. The summed E-state index contributed by atoms with van der Waals surface area (Å²) in [5, 5.41) is 1.56. The van der Waals surface area contributed by atoms with Crippen molar-refractivity contribution in [1.82, 2.24) is 4.98 Å². The Labute approximate surface area is 133 Å². The molecule has 21 heavy (non-hydrogen) atoms. The number of nitrogens with zero attached hydrogens (tertiary/aromatic N) is 1. The molecule has 0 atom stereocenters. The zero-order valence-electron chi connectivity index (χ0n) is 11.5. The van der Waals surface area contributed by atoms with Crippen LogP contribution in [0.1, 0.15) is 5.56 Å². The van der Waals surface area contributed by atoms with Gasteiger partial charge in [0.15, 0.2) is 0 Å². The molecule has 2 aromatic carbocycles. The van der Waals surface area contributed by atoms with Gasteiger partial charge in [-0.05, 0) is 30.5 Å². The Morgan fingerprint density at radius 2 is 1.86 bits per heavy atom. The first kappa shape index (κ1) is 14.2. The molecule has 1 aromatic heterocycles. The molecule has 0 radical (unpaired) electrons. The molecule has 0 unspecified atom stereocenters. The van der Waals surface area contributed by atoms with Crippen LogP contribution in [0.2, 0.25) is 5.15 Å². The van der Waals surface area contributed by atoms with E-state index in [1.54, 1.807) is 11.8 Å². The van der Waals surface area contributed by atoms with Crippen molar-refractivity contribution in [2.45, 2.75) is 11.5 Å². The summed E-state index contributed by atoms with van der Waals surface area (Å²) >= 11 is 7.91. The number of benzene rings is 2. The number of hydrogen-bond acceptors (Lipinski definition) is 3. The topological polar surface area (TPSA) is 22.1 Å². The lowest BCUT2D eigenvalue weighted by atomic mass is 10.2. The fourth-order valence-electron chi connectivity index (χ4n) is 2.13. The number of rotatable bonds is 4. The van der Waals surface area contributed by atoms with Crippen molar-refractivity contribution in [3.8, 4) is 5.75 Å². The van der Waals surface area contributed by atoms with Gasteiger partial charge in [0, 0.05) is 15.8 Å². The van der Waals surface area contributed by atoms with Crippen LogP contribution in [0.15, 0.2) is 59.5 Å². The standard InChI is InChI=1S/C17H14ClNOS/c1-21-16-9-5-4-8-15(16)20-11-13-10-12-6-2-3-7-14(12)19-17(13)18/h2-10H,11H2,1H3. The van der Waals surface area contributed by atoms with Gasteiger partial charge in [0.1, 0.15) is 17.5 Å². The maximum Gasteiger partial charge on any atom is 0.136 e. The summed E-state index contributed by atoms with van der Waals surface area (Å²) < 4.78 is 5.90. The summed E-state index contributed by atoms with van der Waals surface area (Å²) in [5.74, 6) is 0.870. The van der Waals surface area contributed by atoms with Crippen LogP contribution in [0.25, 0.3) is 10.9 Å². The van der Waals surface area contributed by atoms with Crippen LogP contribution in [0, 0.1) is 0 Å². The number of halogens is 1. The smallest absolute Gasteiger partial charge is 0.136 e. The van der Waals surface area contributed by atoms with Crippen molar-refractivity contribution in [3.05, 3.63) is 65.3 Å². The largest absolute Gasteiger partial charge is 0.488 e. The molecule has 0 bridgehead atoms. The van der Waals surface area contributed by atoms with E-state index in [4.69, 9.17) is 16.3 Å². The van der Waals surface area contributed by atoms with Crippen molar-refractivity contribution in [1.29, 1.82) is 0 Å². The summed E-state index contributed by atoms with van der Waals surface area (Å²) in [6, 6.07) is 17.9. The van der Waals surface area contributed by atoms with Crippen LogP contribution in [0.3, 0.4) is 0 Å². The Morgan fingerprint density at radius 3 is 2.71 bits per heavy atom. The zero-order chi connectivity index (χ0) is 14.7. The summed E-state index contributed by atoms with van der Waals surface area (Å²) in [6.07, 6.45) is 2.03. The van der Waals surface area contributed by atoms with Crippen molar-refractivity contribution in [3.63, 3.8) is 0 Å². The molecule has 1 heterocycles. The van der Waals surface area contributed by atoms with E-state index in [1.165, 1.54) is 0 Å². The minimum Gasteiger partial charge on any atom is -0.488 e. The van der Waals surface area contributed by atoms with E-state index in [0.717, 1.165) is 27.1 Å². The molecule has 0 spiro atoms. The van der Waals surface area contributed by atoms with E-state index < -0.39 is 0 Å². The number of para-hydroxylation sites is 2. The highest BCUT2D eigenvalue weighted by Crippen LogP contribution is 2.28. The van der Waals surface area contributed by atoms with Gasteiger partial charge in [-0.2, -0.15) is 0 Å². The second-order valence-electron chi connectivity index (χ2n) is 4.57. The van der Waals surface area contributed by atoms with Crippen LogP contribution in [0.5, 0.6) is 5.75 Å². The zero-order valence-corrected chi connectivity index (χ0v) is 13.1. The van der Waals surface area contributed by atoms with Crippen molar-refractivity contribution in [2.24, 2.45) is 0 Å². The molecule has 3 rings (SSSR count). The molecule has 0 saturated carbocycles. The first-order chi connectivity index (χ1) is 10.3. The second-order valence-corrected chi connectivity index (χ2v) is 5.78. The third-order valence-corrected chi connectivity index (χ3v) is 4.31. The number of thioether (sulfide) groups is 1. The van der Waals surface area contributed by atoms with Crippen LogP contribution in [-0.2, 0) is 6.61 Å². The maximum atomic E-state index is 6.25. The SMILES string of the molecule is CSc1ccccc1OCc1cc2ccccc2nc1Cl. The molecule has 3 aromatic rings. The third kappa shape index (κ3) is 3.14. The molecule has 0 amide bonds. The monoisotopic (exact) mass is 315 g/mol. The average molecular weight is 316 g/mol. The highest BCUT2D eigenvalue weighted by molar-refractivity contribution is 7.98. The van der Waals surface area contributed by atoms with E-state index >= 15 is 0 Å². The van der Waals surface area contributed by atoms with Gasteiger partial charge in [0.2, 0.25) is 0 Å². The highest BCUT2D eigenvalue weighted by Gasteiger charge is 2.07. The molecular formula is C17H14ClNOS. The third-order valence-electron chi connectivity index (χ3n) is 3.20. The molecule has 0 aliphatic heterocycles. The van der Waals surface area contributed by atoms with Gasteiger partial charge >= 0.3 is 0 Å². The van der Waals surface area contributed by atoms with E-state index in [1.807, 2.05) is 60.9 Å². The predicted octanol–water partition coefficient (Wildman–Crippen LogP) is 5.19. The maximum absolute atomic E-state index is 6.25. The lowest BCUT2D eigenvalue weighted by Crippen LogP contribution is -1.99. The average Bonchev–Trinajstić information content (AvgIpc) is 2.53. The molecule has 0 N–H and O–H groups in total. The highest BCUT2D eigenvalue weighted by atomic mass is 35.5. The van der Waals surface area contributed by atoms with E-state index in [9.17, 15) is 0 Å². The number of fused-ring (bicyclic) bond motifs is 1. The fourth-order valence-corrected chi connectivity index (χ4v) is 2.87. The Balaban J connectivity index is 1.86. The van der Waals surface area contributed by atoms with E-state index in [-0.39, 0.29) is 0 Å². The normalized spacial score (nSPS) is 10.8. The lowest BCUT2D eigenvalue weighted by Gasteiger charge is -2.11. The number of hydrogen-bond donors (Lipinski definition) is 0. The fraction of sp³-hybridized carbons (Fsp3) is 0.118. The molecule has 0 fully saturated rings. The number of pyridine rings is 1. The van der Waals surface area contributed by atoms with Crippen LogP contribution < -0.4 is 4.74 Å². The predicted molar refractivity (Wildman–Crippen MR) is 89.3 cm³/mol. The Hall–Kier alpha value is -1.71. The summed E-state index contributed by atoms with van der Waals surface area (Å²) in [5.41, 5.74) is 1.79. The Kier molecular flexibility index (Phi) is 4.32. The molecular weight excluding hydrogens is 302 g/mol.